The van der Waals surface area contributed by atoms with E-state index in [1.807, 2.05) is 12.1 Å². The largest absolute Gasteiger partial charge is 0.393 e. The first-order valence-corrected chi connectivity index (χ1v) is 6.37. The molecule has 0 radical (unpaired) electrons. The third-order valence-electron chi connectivity index (χ3n) is 2.96. The minimum atomic E-state index is -0.414. The molecule has 0 fully saturated rings. The lowest BCUT2D eigenvalue weighted by Crippen LogP contribution is -2.15. The van der Waals surface area contributed by atoms with Crippen LogP contribution >= 0.6 is 0 Å². The van der Waals surface area contributed by atoms with Crippen LogP contribution in [0.25, 0.3) is 0 Å². The fourth-order valence-electron chi connectivity index (χ4n) is 2.27. The summed E-state index contributed by atoms with van der Waals surface area (Å²) in [5.41, 5.74) is 15.6. The number of benzene rings is 1. The fraction of sp³-hybridized carbons (Fsp3) is 0.571. The average molecular weight is 252 g/mol. The van der Waals surface area contributed by atoms with Gasteiger partial charge in [-0.05, 0) is 48.9 Å². The molecule has 0 aliphatic carbocycles. The van der Waals surface area contributed by atoms with Gasteiger partial charge in [-0.25, -0.2) is 0 Å². The third-order valence-corrected chi connectivity index (χ3v) is 2.96. The van der Waals surface area contributed by atoms with Gasteiger partial charge in [-0.2, -0.15) is 0 Å². The van der Waals surface area contributed by atoms with Crippen molar-refractivity contribution in [3.63, 3.8) is 0 Å². The van der Waals surface area contributed by atoms with Crippen LogP contribution in [0.2, 0.25) is 0 Å². The summed E-state index contributed by atoms with van der Waals surface area (Å²) >= 11 is 0. The average Bonchev–Trinajstić information content (AvgIpc) is 2.26. The van der Waals surface area contributed by atoms with Crippen LogP contribution < -0.4 is 11.5 Å². The number of aliphatic hydroxyl groups is 2. The van der Waals surface area contributed by atoms with E-state index in [1.165, 1.54) is 0 Å². The van der Waals surface area contributed by atoms with Crippen LogP contribution in [0.3, 0.4) is 0 Å². The predicted molar refractivity (Wildman–Crippen MR) is 73.0 cm³/mol. The molecule has 6 N–H and O–H groups in total. The summed E-state index contributed by atoms with van der Waals surface area (Å²) in [6.07, 6.45) is 0.346. The van der Waals surface area contributed by atoms with Crippen LogP contribution in [0.4, 0.5) is 0 Å². The van der Waals surface area contributed by atoms with E-state index in [0.717, 1.165) is 22.3 Å². The Morgan fingerprint density at radius 1 is 0.944 bits per heavy atom. The van der Waals surface area contributed by atoms with E-state index in [1.54, 1.807) is 13.8 Å². The van der Waals surface area contributed by atoms with Crippen LogP contribution in [0.5, 0.6) is 0 Å². The van der Waals surface area contributed by atoms with Gasteiger partial charge in [0.1, 0.15) is 0 Å². The molecule has 0 aromatic heterocycles. The van der Waals surface area contributed by atoms with Gasteiger partial charge in [0.25, 0.3) is 0 Å². The number of hydrogen-bond donors (Lipinski definition) is 4. The first-order chi connectivity index (χ1) is 8.47. The van der Waals surface area contributed by atoms with Gasteiger partial charge in [0.2, 0.25) is 0 Å². The summed E-state index contributed by atoms with van der Waals surface area (Å²) in [5.74, 6) is 0. The standard InChI is InChI=1S/C14H24N2O2/c1-9(17)3-11-5-12(4-10(2)18)14(8-16)13(6-11)7-15/h5-6,9-10,17-18H,3-4,7-8,15-16H2,1-2H3. The Balaban J connectivity index is 3.17. The first-order valence-electron chi connectivity index (χ1n) is 6.37. The van der Waals surface area contributed by atoms with E-state index in [0.29, 0.717) is 25.9 Å². The molecule has 1 aromatic carbocycles. The van der Waals surface area contributed by atoms with Gasteiger partial charge in [-0.15, -0.1) is 0 Å². The minimum Gasteiger partial charge on any atom is -0.393 e. The van der Waals surface area contributed by atoms with Crippen LogP contribution in [0.1, 0.15) is 36.1 Å². The van der Waals surface area contributed by atoms with E-state index < -0.39 is 12.2 Å². The van der Waals surface area contributed by atoms with E-state index in [-0.39, 0.29) is 0 Å². The van der Waals surface area contributed by atoms with E-state index in [2.05, 4.69) is 0 Å². The zero-order valence-corrected chi connectivity index (χ0v) is 11.2. The molecule has 1 rings (SSSR count). The second-order valence-electron chi connectivity index (χ2n) is 4.91. The quantitative estimate of drug-likeness (QED) is 0.591. The van der Waals surface area contributed by atoms with Crippen molar-refractivity contribution < 1.29 is 10.2 Å². The van der Waals surface area contributed by atoms with Crippen molar-refractivity contribution in [1.82, 2.24) is 0 Å². The molecule has 0 aliphatic heterocycles. The van der Waals surface area contributed by atoms with Gasteiger partial charge in [-0.3, -0.25) is 0 Å². The molecule has 4 heteroatoms. The maximum atomic E-state index is 9.54. The number of hydrogen-bond acceptors (Lipinski definition) is 4. The van der Waals surface area contributed by atoms with Crippen molar-refractivity contribution in [3.8, 4) is 0 Å². The highest BCUT2D eigenvalue weighted by atomic mass is 16.3. The SMILES string of the molecule is CC(O)Cc1cc(CN)c(CN)c(CC(C)O)c1. The van der Waals surface area contributed by atoms with Crippen molar-refractivity contribution in [3.05, 3.63) is 34.4 Å². The maximum Gasteiger partial charge on any atom is 0.0552 e. The summed E-state index contributed by atoms with van der Waals surface area (Å²) < 4.78 is 0. The van der Waals surface area contributed by atoms with Crippen LogP contribution in [0.15, 0.2) is 12.1 Å². The van der Waals surface area contributed by atoms with Crippen molar-refractivity contribution in [1.29, 1.82) is 0 Å². The number of rotatable bonds is 6. The Labute approximate surface area is 109 Å². The van der Waals surface area contributed by atoms with Gasteiger partial charge in [0.05, 0.1) is 12.2 Å². The van der Waals surface area contributed by atoms with Crippen LogP contribution in [-0.2, 0) is 25.9 Å². The molecule has 0 aliphatic rings. The molecule has 1 aromatic rings. The van der Waals surface area contributed by atoms with Crippen molar-refractivity contribution in [2.45, 2.75) is 52.0 Å². The molecule has 0 saturated carbocycles. The van der Waals surface area contributed by atoms with E-state index in [9.17, 15) is 10.2 Å². The predicted octanol–water partition coefficient (Wildman–Crippen LogP) is 0.451. The van der Waals surface area contributed by atoms with Crippen LogP contribution in [-0.4, -0.2) is 22.4 Å². The first kappa shape index (κ1) is 15.1. The highest BCUT2D eigenvalue weighted by Gasteiger charge is 2.12. The summed E-state index contributed by atoms with van der Waals surface area (Å²) in [6, 6.07) is 4.02. The lowest BCUT2D eigenvalue weighted by Gasteiger charge is -2.17. The maximum absolute atomic E-state index is 9.54. The Morgan fingerprint density at radius 2 is 1.50 bits per heavy atom. The highest BCUT2D eigenvalue weighted by Crippen LogP contribution is 2.20. The second kappa shape index (κ2) is 6.85. The Morgan fingerprint density at radius 3 is 1.94 bits per heavy atom. The van der Waals surface area contributed by atoms with Crippen molar-refractivity contribution >= 4 is 0 Å². The van der Waals surface area contributed by atoms with Gasteiger partial charge in [0.15, 0.2) is 0 Å². The third kappa shape index (κ3) is 4.07. The lowest BCUT2D eigenvalue weighted by molar-refractivity contribution is 0.194. The molecule has 4 nitrogen and oxygen atoms in total. The topological polar surface area (TPSA) is 92.5 Å². The summed E-state index contributed by atoms with van der Waals surface area (Å²) in [6.45, 7) is 4.35. The fourth-order valence-corrected chi connectivity index (χ4v) is 2.27. The monoisotopic (exact) mass is 252 g/mol. The number of nitrogens with two attached hydrogens (primary N) is 2. The minimum absolute atomic E-state index is 0.390. The molecule has 102 valence electrons. The lowest BCUT2D eigenvalue weighted by atomic mass is 9.92. The van der Waals surface area contributed by atoms with Gasteiger partial charge in [0, 0.05) is 13.1 Å². The van der Waals surface area contributed by atoms with Gasteiger partial charge < -0.3 is 21.7 Å². The molecule has 0 heterocycles. The molecular formula is C14H24N2O2. The summed E-state index contributed by atoms with van der Waals surface area (Å²) in [7, 11) is 0. The Kier molecular flexibility index (Phi) is 5.75. The van der Waals surface area contributed by atoms with Crippen LogP contribution in [0, 0.1) is 0 Å². The van der Waals surface area contributed by atoms with Crippen molar-refractivity contribution in [2.24, 2.45) is 11.5 Å². The van der Waals surface area contributed by atoms with Gasteiger partial charge >= 0.3 is 0 Å². The Hall–Kier alpha value is -0.940. The summed E-state index contributed by atoms with van der Waals surface area (Å²) in [5, 5.41) is 19.0. The second-order valence-corrected chi connectivity index (χ2v) is 4.91. The molecule has 18 heavy (non-hydrogen) atoms. The smallest absolute Gasteiger partial charge is 0.0552 e. The zero-order chi connectivity index (χ0) is 13.7. The molecular weight excluding hydrogens is 228 g/mol. The van der Waals surface area contributed by atoms with E-state index in [4.69, 9.17) is 11.5 Å². The van der Waals surface area contributed by atoms with E-state index >= 15 is 0 Å². The molecule has 0 saturated heterocycles. The Bertz CT molecular complexity index is 390. The molecule has 0 spiro atoms. The summed E-state index contributed by atoms with van der Waals surface area (Å²) in [4.78, 5) is 0. The molecule has 2 unspecified atom stereocenters. The molecule has 0 amide bonds. The molecule has 2 atom stereocenters. The normalized spacial score (nSPS) is 14.6. The number of aliphatic hydroxyl groups excluding tert-OH is 2. The zero-order valence-electron chi connectivity index (χ0n) is 11.2. The van der Waals surface area contributed by atoms with Crippen molar-refractivity contribution in [2.75, 3.05) is 0 Å². The highest BCUT2D eigenvalue weighted by molar-refractivity contribution is 5.40. The molecule has 0 bridgehead atoms. The van der Waals surface area contributed by atoms with Gasteiger partial charge in [-0.1, -0.05) is 12.1 Å².